The quantitative estimate of drug-likeness (QED) is 0.574. The van der Waals surface area contributed by atoms with E-state index in [0.717, 1.165) is 11.3 Å². The third-order valence-corrected chi connectivity index (χ3v) is 1.73. The third kappa shape index (κ3) is 2.12. The number of allylic oxidation sites excluding steroid dienone is 3. The van der Waals surface area contributed by atoms with E-state index in [9.17, 15) is 0 Å². The van der Waals surface area contributed by atoms with Crippen LogP contribution in [0.1, 0.15) is 5.56 Å². The van der Waals surface area contributed by atoms with Gasteiger partial charge in [-0.2, -0.15) is 0 Å². The third-order valence-electron chi connectivity index (χ3n) is 1.73. The minimum Gasteiger partial charge on any atom is -0.269 e. The zero-order valence-electron chi connectivity index (χ0n) is 7.05. The Morgan fingerprint density at radius 1 is 0.923 bits per heavy atom. The van der Waals surface area contributed by atoms with Gasteiger partial charge in [0.25, 0.3) is 0 Å². The lowest BCUT2D eigenvalue weighted by Crippen LogP contribution is -1.76. The molecule has 66 valence electrons. The van der Waals surface area contributed by atoms with E-state index in [1.165, 1.54) is 0 Å². The average Bonchev–Trinajstić information content (AvgIpc) is 2.06. The molecule has 2 rings (SSSR count). The van der Waals surface area contributed by atoms with Gasteiger partial charge in [-0.1, -0.05) is 36.4 Å². The van der Waals surface area contributed by atoms with Crippen LogP contribution in [0.25, 0.3) is 6.08 Å². The average molecular weight is 175 g/mol. The van der Waals surface area contributed by atoms with E-state index in [1.54, 1.807) is 0 Å². The van der Waals surface area contributed by atoms with Crippen molar-refractivity contribution in [1.29, 1.82) is 0 Å². The Hall–Kier alpha value is -1.70. The molecule has 2 heteroatoms. The molecule has 0 bridgehead atoms. The standard InChI is InChI=1S/C11H9N.FH/c1-2-6-10-7-3-4-8-11(10)12-9-5-1;/h1-9H;1H. The van der Waals surface area contributed by atoms with E-state index in [-0.39, 0.29) is 4.70 Å². The fourth-order valence-electron chi connectivity index (χ4n) is 1.14. The number of nitrogens with zero attached hydrogens (tertiary/aromatic N) is 1. The summed E-state index contributed by atoms with van der Waals surface area (Å²) in [6.45, 7) is 0. The summed E-state index contributed by atoms with van der Waals surface area (Å²) in [6, 6.07) is 8.08. The molecule has 0 radical (unpaired) electrons. The van der Waals surface area contributed by atoms with Gasteiger partial charge in [0.15, 0.2) is 0 Å². The van der Waals surface area contributed by atoms with Crippen molar-refractivity contribution in [2.45, 2.75) is 0 Å². The van der Waals surface area contributed by atoms with Gasteiger partial charge < -0.3 is 0 Å². The fraction of sp³-hybridized carbons (Fsp3) is 0. The Kier molecular flexibility index (Phi) is 3.15. The molecule has 0 unspecified atom stereocenters. The predicted molar refractivity (Wildman–Crippen MR) is 55.3 cm³/mol. The largest absolute Gasteiger partial charge is 0.269 e. The molecule has 0 fully saturated rings. The minimum absolute atomic E-state index is 0. The molecule has 0 saturated carbocycles. The van der Waals surface area contributed by atoms with Crippen molar-refractivity contribution in [1.82, 2.24) is 0 Å². The molecule has 0 amide bonds. The molecule has 1 aromatic carbocycles. The molecule has 13 heavy (non-hydrogen) atoms. The van der Waals surface area contributed by atoms with Crippen molar-refractivity contribution >= 4 is 18.0 Å². The van der Waals surface area contributed by atoms with Crippen LogP contribution in [-0.2, 0) is 0 Å². The van der Waals surface area contributed by atoms with Crippen LogP contribution in [0.15, 0.2) is 47.5 Å². The monoisotopic (exact) mass is 175 g/mol. The molecule has 0 aromatic heterocycles. The van der Waals surface area contributed by atoms with Gasteiger partial charge in [0.05, 0.1) is 5.69 Å². The second kappa shape index (κ2) is 4.36. The summed E-state index contributed by atoms with van der Waals surface area (Å²) in [4.78, 5) is 4.28. The Morgan fingerprint density at radius 2 is 1.77 bits per heavy atom. The maximum Gasteiger partial charge on any atom is 0.0701 e. The van der Waals surface area contributed by atoms with E-state index >= 15 is 0 Å². The molecule has 0 spiro atoms. The second-order valence-corrected chi connectivity index (χ2v) is 2.58. The van der Waals surface area contributed by atoms with Crippen LogP contribution < -0.4 is 0 Å². The minimum atomic E-state index is 0. The Morgan fingerprint density at radius 3 is 2.69 bits per heavy atom. The van der Waals surface area contributed by atoms with Crippen molar-refractivity contribution in [2.24, 2.45) is 4.99 Å². The predicted octanol–water partition coefficient (Wildman–Crippen LogP) is 3.12. The van der Waals surface area contributed by atoms with Crippen LogP contribution in [0.4, 0.5) is 10.4 Å². The zero-order valence-corrected chi connectivity index (χ0v) is 7.05. The van der Waals surface area contributed by atoms with Gasteiger partial charge in [-0.05, 0) is 12.1 Å². The molecule has 1 aliphatic rings. The van der Waals surface area contributed by atoms with Crippen LogP contribution in [0, 0.1) is 0 Å². The van der Waals surface area contributed by atoms with Gasteiger partial charge in [-0.15, -0.1) is 0 Å². The maximum absolute atomic E-state index is 4.28. The highest BCUT2D eigenvalue weighted by molar-refractivity contribution is 5.79. The first-order valence-electron chi connectivity index (χ1n) is 3.93. The summed E-state index contributed by atoms with van der Waals surface area (Å²) in [6.07, 6.45) is 9.78. The van der Waals surface area contributed by atoms with E-state index in [0.29, 0.717) is 0 Å². The van der Waals surface area contributed by atoms with E-state index in [1.807, 2.05) is 42.6 Å². The van der Waals surface area contributed by atoms with E-state index in [2.05, 4.69) is 17.1 Å². The number of fused-ring (bicyclic) bond motifs is 1. The molecule has 0 atom stereocenters. The first kappa shape index (κ1) is 9.39. The number of rotatable bonds is 0. The maximum atomic E-state index is 4.28. The number of hydrogen-bond acceptors (Lipinski definition) is 1. The van der Waals surface area contributed by atoms with Gasteiger partial charge in [0, 0.05) is 11.8 Å². The number of halogens is 1. The number of para-hydroxylation sites is 1. The molecule has 1 aliphatic heterocycles. The number of hydrogen-bond donors (Lipinski definition) is 0. The molecular formula is C11H10FN. The van der Waals surface area contributed by atoms with Gasteiger partial charge in [0.2, 0.25) is 0 Å². The lowest BCUT2D eigenvalue weighted by molar-refractivity contribution is 1.11. The van der Waals surface area contributed by atoms with Crippen LogP contribution in [-0.4, -0.2) is 6.21 Å². The zero-order chi connectivity index (χ0) is 8.23. The lowest BCUT2D eigenvalue weighted by atomic mass is 10.1. The molecule has 1 aromatic rings. The van der Waals surface area contributed by atoms with Crippen molar-refractivity contribution in [2.75, 3.05) is 0 Å². The number of aliphatic imine (C=N–C) groups is 1. The van der Waals surface area contributed by atoms with Crippen LogP contribution in [0.3, 0.4) is 0 Å². The molecule has 1 heterocycles. The van der Waals surface area contributed by atoms with Gasteiger partial charge in [-0.25, -0.2) is 0 Å². The van der Waals surface area contributed by atoms with Gasteiger partial charge >= 0.3 is 0 Å². The molecule has 0 saturated heterocycles. The smallest absolute Gasteiger partial charge is 0.0701 e. The summed E-state index contributed by atoms with van der Waals surface area (Å²) < 4.78 is 0. The van der Waals surface area contributed by atoms with Crippen LogP contribution >= 0.6 is 0 Å². The first-order valence-corrected chi connectivity index (χ1v) is 3.93. The normalized spacial score (nSPS) is 12.6. The highest BCUT2D eigenvalue weighted by Crippen LogP contribution is 2.20. The topological polar surface area (TPSA) is 12.4 Å². The van der Waals surface area contributed by atoms with Crippen LogP contribution in [0.2, 0.25) is 0 Å². The van der Waals surface area contributed by atoms with E-state index in [4.69, 9.17) is 0 Å². The highest BCUT2D eigenvalue weighted by Gasteiger charge is 1.94. The van der Waals surface area contributed by atoms with Crippen molar-refractivity contribution in [3.63, 3.8) is 0 Å². The van der Waals surface area contributed by atoms with Crippen molar-refractivity contribution < 1.29 is 4.70 Å². The first-order chi connectivity index (χ1) is 5.97. The molecule has 1 nitrogen and oxygen atoms in total. The van der Waals surface area contributed by atoms with Crippen molar-refractivity contribution in [3.8, 4) is 0 Å². The Labute approximate surface area is 76.5 Å². The molecule has 0 aliphatic carbocycles. The highest BCUT2D eigenvalue weighted by atomic mass is 19.0. The summed E-state index contributed by atoms with van der Waals surface area (Å²) >= 11 is 0. The second-order valence-electron chi connectivity index (χ2n) is 2.58. The number of benzene rings is 1. The Balaban J connectivity index is 0.000000845. The summed E-state index contributed by atoms with van der Waals surface area (Å²) in [5.74, 6) is 0. The summed E-state index contributed by atoms with van der Waals surface area (Å²) in [5, 5.41) is 0. The van der Waals surface area contributed by atoms with E-state index < -0.39 is 0 Å². The fourth-order valence-corrected chi connectivity index (χ4v) is 1.14. The lowest BCUT2D eigenvalue weighted by Gasteiger charge is -1.99. The van der Waals surface area contributed by atoms with Gasteiger partial charge in [0.1, 0.15) is 0 Å². The Bertz CT molecular complexity index is 329. The molecule has 0 N–H and O–H groups in total. The molecular weight excluding hydrogens is 165 g/mol. The summed E-state index contributed by atoms with van der Waals surface area (Å²) in [7, 11) is 0. The summed E-state index contributed by atoms with van der Waals surface area (Å²) in [5.41, 5.74) is 2.19. The van der Waals surface area contributed by atoms with Crippen LogP contribution in [0.5, 0.6) is 0 Å². The van der Waals surface area contributed by atoms with Crippen molar-refractivity contribution in [3.05, 3.63) is 48.1 Å². The SMILES string of the molecule is C1=CC=Nc2ccccc2C=C1.F. The van der Waals surface area contributed by atoms with Gasteiger partial charge in [-0.3, -0.25) is 9.70 Å².